The van der Waals surface area contributed by atoms with Gasteiger partial charge in [0.15, 0.2) is 0 Å². The number of benzene rings is 1. The molecule has 0 bridgehead atoms. The average Bonchev–Trinajstić information content (AvgIpc) is 2.76. The van der Waals surface area contributed by atoms with Crippen LogP contribution in [0.1, 0.15) is 6.42 Å². The quantitative estimate of drug-likeness (QED) is 0.772. The van der Waals surface area contributed by atoms with Crippen LogP contribution in [0.5, 0.6) is 0 Å². The average molecular weight is 239 g/mol. The number of hydrogen-bond acceptors (Lipinski definition) is 4. The Hall–Kier alpha value is -1.66. The highest BCUT2D eigenvalue weighted by molar-refractivity contribution is 5.92. The largest absolute Gasteiger partial charge is 0.399 e. The first-order valence-electron chi connectivity index (χ1n) is 5.38. The molecule has 0 spiro atoms. The third-order valence-corrected chi connectivity index (χ3v) is 2.41. The van der Waals surface area contributed by atoms with Crippen LogP contribution in [0.15, 0.2) is 18.2 Å². The summed E-state index contributed by atoms with van der Waals surface area (Å²) in [6, 6.07) is 4.05. The van der Waals surface area contributed by atoms with Crippen LogP contribution >= 0.6 is 0 Å². The van der Waals surface area contributed by atoms with Crippen LogP contribution in [-0.4, -0.2) is 30.7 Å². The Morgan fingerprint density at radius 3 is 3.12 bits per heavy atom. The number of rotatable bonds is 3. The van der Waals surface area contributed by atoms with Crippen molar-refractivity contribution in [3.63, 3.8) is 0 Å². The van der Waals surface area contributed by atoms with Crippen molar-refractivity contribution >= 4 is 17.3 Å². The van der Waals surface area contributed by atoms with Crippen LogP contribution in [0.4, 0.5) is 15.8 Å². The molecule has 0 radical (unpaired) electrons. The molecule has 0 unspecified atom stereocenters. The normalized spacial score (nSPS) is 16.1. The van der Waals surface area contributed by atoms with Crippen molar-refractivity contribution in [3.8, 4) is 0 Å². The molecule has 1 heterocycles. The van der Waals surface area contributed by atoms with Gasteiger partial charge in [0, 0.05) is 12.2 Å². The van der Waals surface area contributed by atoms with Gasteiger partial charge in [-0.25, -0.2) is 4.39 Å². The lowest BCUT2D eigenvalue weighted by molar-refractivity contribution is -0.137. The van der Waals surface area contributed by atoms with Gasteiger partial charge in [-0.3, -0.25) is 9.63 Å². The number of anilines is 2. The molecule has 0 saturated carbocycles. The van der Waals surface area contributed by atoms with E-state index in [1.807, 2.05) is 0 Å². The Morgan fingerprint density at radius 2 is 2.41 bits per heavy atom. The molecule has 1 aromatic rings. The number of carbonyl (C=O) groups is 1. The number of carbonyl (C=O) groups excluding carboxylic acids is 1. The minimum atomic E-state index is -0.505. The molecule has 92 valence electrons. The van der Waals surface area contributed by atoms with Gasteiger partial charge in [-0.1, -0.05) is 0 Å². The van der Waals surface area contributed by atoms with Gasteiger partial charge in [-0.05, 0) is 24.6 Å². The highest BCUT2D eigenvalue weighted by Crippen LogP contribution is 2.17. The van der Waals surface area contributed by atoms with Crippen molar-refractivity contribution in [1.82, 2.24) is 5.06 Å². The molecule has 0 aliphatic carbocycles. The lowest BCUT2D eigenvalue weighted by Crippen LogP contribution is -2.30. The summed E-state index contributed by atoms with van der Waals surface area (Å²) in [6.07, 6.45) is 0.903. The Bertz CT molecular complexity index is 419. The molecule has 1 aromatic carbocycles. The minimum absolute atomic E-state index is 0.0915. The number of nitrogens with zero attached hydrogens (tertiary/aromatic N) is 1. The van der Waals surface area contributed by atoms with E-state index >= 15 is 0 Å². The molecule has 2 rings (SSSR count). The first-order valence-corrected chi connectivity index (χ1v) is 5.38. The number of amides is 1. The highest BCUT2D eigenvalue weighted by Gasteiger charge is 2.16. The van der Waals surface area contributed by atoms with Gasteiger partial charge in [0.2, 0.25) is 5.91 Å². The second-order valence-electron chi connectivity index (χ2n) is 3.84. The molecule has 1 amide bonds. The van der Waals surface area contributed by atoms with Gasteiger partial charge in [0.1, 0.15) is 12.4 Å². The zero-order valence-corrected chi connectivity index (χ0v) is 9.28. The summed E-state index contributed by atoms with van der Waals surface area (Å²) in [5, 5.41) is 4.02. The van der Waals surface area contributed by atoms with Gasteiger partial charge in [0.25, 0.3) is 0 Å². The van der Waals surface area contributed by atoms with Crippen molar-refractivity contribution in [2.24, 2.45) is 0 Å². The van der Waals surface area contributed by atoms with Crippen molar-refractivity contribution in [2.45, 2.75) is 6.42 Å². The van der Waals surface area contributed by atoms with Crippen LogP contribution < -0.4 is 11.1 Å². The van der Waals surface area contributed by atoms with Crippen LogP contribution in [0.3, 0.4) is 0 Å². The third-order valence-electron chi connectivity index (χ3n) is 2.41. The van der Waals surface area contributed by atoms with E-state index in [9.17, 15) is 9.18 Å². The zero-order valence-electron chi connectivity index (χ0n) is 9.28. The zero-order chi connectivity index (χ0) is 12.3. The standard InChI is InChI=1S/C11H14FN3O2/c12-9-3-2-8(13)6-10(9)14-11(16)7-15-4-1-5-17-15/h2-3,6H,1,4-5,7,13H2,(H,14,16). The van der Waals surface area contributed by atoms with E-state index in [1.54, 1.807) is 5.06 Å². The fourth-order valence-electron chi connectivity index (χ4n) is 1.61. The smallest absolute Gasteiger partial charge is 0.241 e. The molecule has 0 atom stereocenters. The molecule has 1 aliphatic heterocycles. The highest BCUT2D eigenvalue weighted by atomic mass is 19.1. The molecule has 17 heavy (non-hydrogen) atoms. The van der Waals surface area contributed by atoms with Gasteiger partial charge in [-0.15, -0.1) is 0 Å². The monoisotopic (exact) mass is 239 g/mol. The van der Waals surface area contributed by atoms with E-state index in [4.69, 9.17) is 10.6 Å². The van der Waals surface area contributed by atoms with Crippen molar-refractivity contribution in [2.75, 3.05) is 30.7 Å². The predicted molar refractivity (Wildman–Crippen MR) is 61.6 cm³/mol. The van der Waals surface area contributed by atoms with E-state index in [0.717, 1.165) is 6.42 Å². The van der Waals surface area contributed by atoms with Crippen LogP contribution in [0.25, 0.3) is 0 Å². The maximum absolute atomic E-state index is 13.3. The Labute approximate surface area is 98.3 Å². The van der Waals surface area contributed by atoms with Crippen molar-refractivity contribution in [1.29, 1.82) is 0 Å². The van der Waals surface area contributed by atoms with Crippen molar-refractivity contribution < 1.29 is 14.0 Å². The van der Waals surface area contributed by atoms with E-state index in [2.05, 4.69) is 5.32 Å². The number of hydrogen-bond donors (Lipinski definition) is 2. The first kappa shape index (κ1) is 11.8. The topological polar surface area (TPSA) is 67.6 Å². The van der Waals surface area contributed by atoms with Crippen molar-refractivity contribution in [3.05, 3.63) is 24.0 Å². The molecular formula is C11H14FN3O2. The van der Waals surface area contributed by atoms with Crippen LogP contribution in [0.2, 0.25) is 0 Å². The first-order chi connectivity index (χ1) is 8.15. The lowest BCUT2D eigenvalue weighted by Gasteiger charge is -2.13. The molecular weight excluding hydrogens is 225 g/mol. The second kappa shape index (κ2) is 5.11. The molecule has 1 aliphatic rings. The lowest BCUT2D eigenvalue weighted by atomic mass is 10.2. The summed E-state index contributed by atoms with van der Waals surface area (Å²) < 4.78 is 13.3. The van der Waals surface area contributed by atoms with E-state index < -0.39 is 5.82 Å². The minimum Gasteiger partial charge on any atom is -0.399 e. The van der Waals surface area contributed by atoms with Crippen LogP contribution in [0, 0.1) is 5.82 Å². The fourth-order valence-corrected chi connectivity index (χ4v) is 1.61. The number of halogens is 1. The van der Waals surface area contributed by atoms with Gasteiger partial charge in [-0.2, -0.15) is 5.06 Å². The third kappa shape index (κ3) is 3.15. The fraction of sp³-hybridized carbons (Fsp3) is 0.364. The number of nitrogen functional groups attached to an aromatic ring is 1. The maximum atomic E-state index is 13.3. The van der Waals surface area contributed by atoms with E-state index in [-0.39, 0.29) is 18.1 Å². The maximum Gasteiger partial charge on any atom is 0.241 e. The molecule has 1 saturated heterocycles. The van der Waals surface area contributed by atoms with E-state index in [0.29, 0.717) is 18.8 Å². The Morgan fingerprint density at radius 1 is 1.59 bits per heavy atom. The summed E-state index contributed by atoms with van der Waals surface area (Å²) in [7, 11) is 0. The van der Waals surface area contributed by atoms with Gasteiger partial charge >= 0.3 is 0 Å². The van der Waals surface area contributed by atoms with Gasteiger partial charge in [0.05, 0.1) is 12.3 Å². The van der Waals surface area contributed by atoms with E-state index in [1.165, 1.54) is 18.2 Å². The summed E-state index contributed by atoms with van der Waals surface area (Å²) >= 11 is 0. The predicted octanol–water partition coefficient (Wildman–Crippen LogP) is 0.984. The van der Waals surface area contributed by atoms with Gasteiger partial charge < -0.3 is 11.1 Å². The summed E-state index contributed by atoms with van der Waals surface area (Å²) in [5.41, 5.74) is 6.01. The van der Waals surface area contributed by atoms with Crippen LogP contribution in [-0.2, 0) is 9.63 Å². The summed E-state index contributed by atoms with van der Waals surface area (Å²) in [6.45, 7) is 1.43. The summed E-state index contributed by atoms with van der Waals surface area (Å²) in [4.78, 5) is 16.8. The SMILES string of the molecule is Nc1ccc(F)c(NC(=O)CN2CCCO2)c1. The molecule has 3 N–H and O–H groups in total. The second-order valence-corrected chi connectivity index (χ2v) is 3.84. The summed E-state index contributed by atoms with van der Waals surface area (Å²) in [5.74, 6) is -0.828. The number of hydroxylamine groups is 2. The Kier molecular flexibility index (Phi) is 3.55. The number of nitrogens with two attached hydrogens (primary N) is 1. The molecule has 6 heteroatoms. The molecule has 1 fully saturated rings. The molecule has 0 aromatic heterocycles. The number of nitrogens with one attached hydrogen (secondary N) is 1. The molecule has 5 nitrogen and oxygen atoms in total. The Balaban J connectivity index is 1.95.